The van der Waals surface area contributed by atoms with Crippen molar-refractivity contribution in [2.75, 3.05) is 0 Å². The van der Waals surface area contributed by atoms with Crippen LogP contribution in [0.3, 0.4) is 0 Å². The SMILES string of the molecule is CC(C)(C)c1ccc(-c2ccc(-c3nnc(-c4ccc(C(C)(C)C)cc4)n3-c3ccccc3)cc2)cc1. The van der Waals surface area contributed by atoms with Crippen molar-refractivity contribution in [2.45, 2.75) is 52.4 Å². The molecule has 0 N–H and O–H groups in total. The normalized spacial score (nSPS) is 12.1. The van der Waals surface area contributed by atoms with Gasteiger partial charge in [0.15, 0.2) is 11.6 Å². The highest BCUT2D eigenvalue weighted by Gasteiger charge is 2.19. The third kappa shape index (κ3) is 5.13. The molecular formula is C34H35N3. The van der Waals surface area contributed by atoms with Crippen LogP contribution in [-0.2, 0) is 10.8 Å². The minimum atomic E-state index is 0.103. The zero-order valence-electron chi connectivity index (χ0n) is 22.7. The third-order valence-electron chi connectivity index (χ3n) is 6.91. The molecule has 0 aliphatic carbocycles. The summed E-state index contributed by atoms with van der Waals surface area (Å²) >= 11 is 0. The Bertz CT molecular complexity index is 1480. The molecule has 0 fully saturated rings. The fourth-order valence-electron chi connectivity index (χ4n) is 4.57. The lowest BCUT2D eigenvalue weighted by Crippen LogP contribution is -2.10. The first-order valence-corrected chi connectivity index (χ1v) is 12.9. The van der Waals surface area contributed by atoms with Crippen LogP contribution >= 0.6 is 0 Å². The van der Waals surface area contributed by atoms with Crippen molar-refractivity contribution in [3.63, 3.8) is 0 Å². The Morgan fingerprint density at radius 1 is 0.432 bits per heavy atom. The first-order chi connectivity index (χ1) is 17.6. The van der Waals surface area contributed by atoms with E-state index in [1.54, 1.807) is 0 Å². The average Bonchev–Trinajstić information content (AvgIpc) is 3.34. The quantitative estimate of drug-likeness (QED) is 0.254. The Hall–Kier alpha value is -3.98. The van der Waals surface area contributed by atoms with Crippen molar-refractivity contribution in [3.8, 4) is 39.6 Å². The van der Waals surface area contributed by atoms with Gasteiger partial charge in [-0.25, -0.2) is 0 Å². The van der Waals surface area contributed by atoms with E-state index in [1.807, 2.05) is 6.07 Å². The maximum Gasteiger partial charge on any atom is 0.168 e. The predicted molar refractivity (Wildman–Crippen MR) is 155 cm³/mol. The van der Waals surface area contributed by atoms with Crippen LogP contribution in [0, 0.1) is 0 Å². The molecule has 0 aliphatic heterocycles. The van der Waals surface area contributed by atoms with E-state index in [-0.39, 0.29) is 10.8 Å². The largest absolute Gasteiger partial charge is 0.275 e. The summed E-state index contributed by atoms with van der Waals surface area (Å²) in [6.45, 7) is 13.4. The van der Waals surface area contributed by atoms with Crippen LogP contribution in [0.5, 0.6) is 0 Å². The number of aromatic nitrogens is 3. The maximum absolute atomic E-state index is 4.66. The van der Waals surface area contributed by atoms with Gasteiger partial charge in [0.25, 0.3) is 0 Å². The van der Waals surface area contributed by atoms with Gasteiger partial charge >= 0.3 is 0 Å². The van der Waals surface area contributed by atoms with E-state index in [0.29, 0.717) is 0 Å². The molecule has 5 rings (SSSR count). The zero-order chi connectivity index (χ0) is 26.2. The Morgan fingerprint density at radius 3 is 1.19 bits per heavy atom. The van der Waals surface area contributed by atoms with Gasteiger partial charge in [0.1, 0.15) is 0 Å². The van der Waals surface area contributed by atoms with Gasteiger partial charge in [-0.3, -0.25) is 4.57 Å². The van der Waals surface area contributed by atoms with Crippen molar-refractivity contribution in [1.29, 1.82) is 0 Å². The van der Waals surface area contributed by atoms with Crippen molar-refractivity contribution < 1.29 is 0 Å². The summed E-state index contributed by atoms with van der Waals surface area (Å²) < 4.78 is 2.15. The molecular weight excluding hydrogens is 450 g/mol. The lowest BCUT2D eigenvalue weighted by atomic mass is 9.86. The van der Waals surface area contributed by atoms with Gasteiger partial charge < -0.3 is 0 Å². The standard InChI is InChI=1S/C34H35N3/c1-33(2,3)28-20-16-25(17-21-28)24-12-14-26(15-13-24)31-35-36-32(37(31)30-10-8-7-9-11-30)27-18-22-29(23-19-27)34(4,5)6/h7-23H,1-6H3. The molecule has 0 aliphatic rings. The van der Waals surface area contributed by atoms with Gasteiger partial charge in [-0.15, -0.1) is 10.2 Å². The molecule has 37 heavy (non-hydrogen) atoms. The van der Waals surface area contributed by atoms with E-state index >= 15 is 0 Å². The Labute approximate surface area is 220 Å². The summed E-state index contributed by atoms with van der Waals surface area (Å²) in [5.74, 6) is 1.67. The molecule has 186 valence electrons. The van der Waals surface area contributed by atoms with Gasteiger partial charge in [0.2, 0.25) is 0 Å². The van der Waals surface area contributed by atoms with E-state index in [0.717, 1.165) is 28.5 Å². The van der Waals surface area contributed by atoms with Crippen LogP contribution in [0.25, 0.3) is 39.6 Å². The minimum absolute atomic E-state index is 0.103. The number of hydrogen-bond donors (Lipinski definition) is 0. The Kier molecular flexibility index (Phi) is 6.33. The van der Waals surface area contributed by atoms with Gasteiger partial charge in [-0.05, 0) is 45.2 Å². The van der Waals surface area contributed by atoms with Gasteiger partial charge in [0.05, 0.1) is 0 Å². The molecule has 3 heteroatoms. The van der Waals surface area contributed by atoms with E-state index in [9.17, 15) is 0 Å². The highest BCUT2D eigenvalue weighted by atomic mass is 15.3. The van der Waals surface area contributed by atoms with E-state index in [1.165, 1.54) is 22.3 Å². The predicted octanol–water partition coefficient (Wildman–Crippen LogP) is 8.86. The van der Waals surface area contributed by atoms with E-state index in [2.05, 4.69) is 153 Å². The van der Waals surface area contributed by atoms with E-state index in [4.69, 9.17) is 0 Å². The number of para-hydroxylation sites is 1. The fraction of sp³-hybridized carbons (Fsp3) is 0.235. The molecule has 0 saturated carbocycles. The van der Waals surface area contributed by atoms with Crippen molar-refractivity contribution in [2.24, 2.45) is 0 Å². The first-order valence-electron chi connectivity index (χ1n) is 12.9. The van der Waals surface area contributed by atoms with Crippen molar-refractivity contribution >= 4 is 0 Å². The number of nitrogens with zero attached hydrogens (tertiary/aromatic N) is 3. The molecule has 3 nitrogen and oxygen atoms in total. The number of hydrogen-bond acceptors (Lipinski definition) is 2. The smallest absolute Gasteiger partial charge is 0.168 e. The maximum atomic E-state index is 4.66. The van der Waals surface area contributed by atoms with E-state index < -0.39 is 0 Å². The molecule has 1 heterocycles. The molecule has 0 radical (unpaired) electrons. The lowest BCUT2D eigenvalue weighted by molar-refractivity contribution is 0.590. The summed E-state index contributed by atoms with van der Waals surface area (Å²) in [5, 5.41) is 9.32. The van der Waals surface area contributed by atoms with Crippen LogP contribution in [0.2, 0.25) is 0 Å². The minimum Gasteiger partial charge on any atom is -0.275 e. The van der Waals surface area contributed by atoms with Gasteiger partial charge in [0, 0.05) is 16.8 Å². The monoisotopic (exact) mass is 485 g/mol. The third-order valence-corrected chi connectivity index (χ3v) is 6.91. The van der Waals surface area contributed by atoms with Gasteiger partial charge in [-0.2, -0.15) is 0 Å². The second kappa shape index (κ2) is 9.48. The molecule has 0 saturated heterocycles. The lowest BCUT2D eigenvalue weighted by Gasteiger charge is -2.19. The van der Waals surface area contributed by atoms with Crippen molar-refractivity contribution in [3.05, 3.63) is 114 Å². The second-order valence-corrected chi connectivity index (χ2v) is 11.8. The van der Waals surface area contributed by atoms with Crippen LogP contribution in [0.1, 0.15) is 52.7 Å². The van der Waals surface area contributed by atoms with Gasteiger partial charge in [-0.1, -0.05) is 133 Å². The summed E-state index contributed by atoms with van der Waals surface area (Å²) in [7, 11) is 0. The Balaban J connectivity index is 1.53. The molecule has 0 spiro atoms. The summed E-state index contributed by atoms with van der Waals surface area (Å²) in [5.41, 5.74) is 8.41. The molecule has 0 bridgehead atoms. The molecule has 0 unspecified atom stereocenters. The second-order valence-electron chi connectivity index (χ2n) is 11.8. The summed E-state index contributed by atoms with van der Waals surface area (Å²) in [6, 6.07) is 36.5. The number of rotatable bonds is 4. The molecule has 0 amide bonds. The molecule has 1 aromatic heterocycles. The van der Waals surface area contributed by atoms with Crippen LogP contribution < -0.4 is 0 Å². The zero-order valence-corrected chi connectivity index (χ0v) is 22.7. The summed E-state index contributed by atoms with van der Waals surface area (Å²) in [6.07, 6.45) is 0. The van der Waals surface area contributed by atoms with Crippen LogP contribution in [0.15, 0.2) is 103 Å². The molecule has 0 atom stereocenters. The van der Waals surface area contributed by atoms with Crippen molar-refractivity contribution in [1.82, 2.24) is 14.8 Å². The van der Waals surface area contributed by atoms with Crippen LogP contribution in [-0.4, -0.2) is 14.8 Å². The summed E-state index contributed by atoms with van der Waals surface area (Å²) in [4.78, 5) is 0. The molecule has 5 aromatic rings. The Morgan fingerprint density at radius 2 is 0.784 bits per heavy atom. The fourth-order valence-corrected chi connectivity index (χ4v) is 4.57. The van der Waals surface area contributed by atoms with Crippen LogP contribution in [0.4, 0.5) is 0 Å². The first kappa shape index (κ1) is 24.7. The highest BCUT2D eigenvalue weighted by Crippen LogP contribution is 2.32. The average molecular weight is 486 g/mol. The highest BCUT2D eigenvalue weighted by molar-refractivity contribution is 5.71. The number of benzene rings is 4. The molecule has 4 aromatic carbocycles. The topological polar surface area (TPSA) is 30.7 Å².